The molecule has 1 nitrogen and oxygen atoms in total. The molecule has 0 aliphatic carbocycles. The van der Waals surface area contributed by atoms with Crippen LogP contribution in [0.2, 0.25) is 0 Å². The molecule has 0 aliphatic heterocycles. The first kappa shape index (κ1) is 11.9. The minimum absolute atomic E-state index is 0.171. The minimum Gasteiger partial charge on any atom is -0.319 e. The van der Waals surface area contributed by atoms with Crippen molar-refractivity contribution in [3.05, 3.63) is 47.3 Å². The fourth-order valence-electron chi connectivity index (χ4n) is 1.46. The number of halogens is 1. The maximum absolute atomic E-state index is 12.6. The minimum atomic E-state index is -0.171. The topological polar surface area (TPSA) is 12.0 Å². The van der Waals surface area contributed by atoms with Crippen LogP contribution in [0.4, 0.5) is 4.39 Å². The van der Waals surface area contributed by atoms with Gasteiger partial charge in [-0.05, 0) is 51.1 Å². The van der Waals surface area contributed by atoms with Crippen molar-refractivity contribution in [2.45, 2.75) is 19.8 Å². The van der Waals surface area contributed by atoms with Gasteiger partial charge in [-0.15, -0.1) is 0 Å². The van der Waals surface area contributed by atoms with E-state index in [1.165, 1.54) is 17.7 Å². The molecule has 15 heavy (non-hydrogen) atoms. The van der Waals surface area contributed by atoms with E-state index in [-0.39, 0.29) is 5.82 Å². The van der Waals surface area contributed by atoms with Gasteiger partial charge in [0.15, 0.2) is 0 Å². The Labute approximate surface area is 91.0 Å². The number of rotatable bonds is 5. The fourth-order valence-corrected chi connectivity index (χ4v) is 1.46. The summed E-state index contributed by atoms with van der Waals surface area (Å²) in [5.74, 6) is -0.171. The third kappa shape index (κ3) is 4.75. The lowest BCUT2D eigenvalue weighted by Gasteiger charge is -2.02. The van der Waals surface area contributed by atoms with Crippen LogP contribution in [0, 0.1) is 5.82 Å². The van der Waals surface area contributed by atoms with Crippen LogP contribution in [-0.4, -0.2) is 13.6 Å². The van der Waals surface area contributed by atoms with Crippen LogP contribution < -0.4 is 5.32 Å². The highest BCUT2D eigenvalue weighted by molar-refractivity contribution is 5.21. The number of benzene rings is 1. The molecule has 0 amide bonds. The molecular formula is C13H18FN. The normalized spacial score (nSPS) is 11.8. The van der Waals surface area contributed by atoms with Gasteiger partial charge in [-0.3, -0.25) is 0 Å². The summed E-state index contributed by atoms with van der Waals surface area (Å²) in [6.07, 6.45) is 4.17. The standard InChI is InChI=1S/C13H18FN/c1-11(4-3-9-15-2)10-12-5-7-13(14)8-6-12/h4-8,15H,3,9-10H2,1-2H3. The average molecular weight is 207 g/mol. The molecule has 0 heterocycles. The van der Waals surface area contributed by atoms with Gasteiger partial charge in [0.1, 0.15) is 5.82 Å². The predicted molar refractivity (Wildman–Crippen MR) is 62.4 cm³/mol. The summed E-state index contributed by atoms with van der Waals surface area (Å²) in [6, 6.07) is 6.70. The van der Waals surface area contributed by atoms with Gasteiger partial charge < -0.3 is 5.32 Å². The maximum atomic E-state index is 12.6. The van der Waals surface area contributed by atoms with Gasteiger partial charge in [0.05, 0.1) is 0 Å². The Bertz CT molecular complexity index is 314. The van der Waals surface area contributed by atoms with Crippen LogP contribution in [-0.2, 0) is 6.42 Å². The summed E-state index contributed by atoms with van der Waals surface area (Å²) in [4.78, 5) is 0. The average Bonchev–Trinajstić information content (AvgIpc) is 2.22. The Hall–Kier alpha value is -1.15. The monoisotopic (exact) mass is 207 g/mol. The second-order valence-corrected chi connectivity index (χ2v) is 3.75. The number of hydrogen-bond donors (Lipinski definition) is 1. The lowest BCUT2D eigenvalue weighted by Crippen LogP contribution is -2.06. The molecule has 1 rings (SSSR count). The Balaban J connectivity index is 2.47. The van der Waals surface area contributed by atoms with E-state index in [9.17, 15) is 4.39 Å². The van der Waals surface area contributed by atoms with E-state index in [0.717, 1.165) is 24.9 Å². The van der Waals surface area contributed by atoms with Gasteiger partial charge in [0.25, 0.3) is 0 Å². The predicted octanol–water partition coefficient (Wildman–Crippen LogP) is 2.92. The lowest BCUT2D eigenvalue weighted by molar-refractivity contribution is 0.627. The molecule has 2 heteroatoms. The van der Waals surface area contributed by atoms with E-state index >= 15 is 0 Å². The molecule has 0 saturated carbocycles. The van der Waals surface area contributed by atoms with Crippen molar-refractivity contribution >= 4 is 0 Å². The van der Waals surface area contributed by atoms with Crippen molar-refractivity contribution in [1.82, 2.24) is 5.32 Å². The van der Waals surface area contributed by atoms with E-state index in [2.05, 4.69) is 18.3 Å². The van der Waals surface area contributed by atoms with Crippen LogP contribution >= 0.6 is 0 Å². The first-order valence-electron chi connectivity index (χ1n) is 5.27. The first-order valence-corrected chi connectivity index (χ1v) is 5.27. The van der Waals surface area contributed by atoms with Gasteiger partial charge in [0.2, 0.25) is 0 Å². The molecule has 0 aromatic heterocycles. The van der Waals surface area contributed by atoms with Crippen LogP contribution in [0.1, 0.15) is 18.9 Å². The summed E-state index contributed by atoms with van der Waals surface area (Å²) < 4.78 is 12.6. The van der Waals surface area contributed by atoms with Crippen LogP contribution in [0.25, 0.3) is 0 Å². The molecule has 0 spiro atoms. The third-order valence-corrected chi connectivity index (χ3v) is 2.28. The summed E-state index contributed by atoms with van der Waals surface area (Å²) >= 11 is 0. The van der Waals surface area contributed by atoms with E-state index in [0.29, 0.717) is 0 Å². The Morgan fingerprint density at radius 3 is 2.60 bits per heavy atom. The van der Waals surface area contributed by atoms with Crippen molar-refractivity contribution in [1.29, 1.82) is 0 Å². The van der Waals surface area contributed by atoms with E-state index in [4.69, 9.17) is 0 Å². The summed E-state index contributed by atoms with van der Waals surface area (Å²) in [5, 5.41) is 3.10. The Morgan fingerprint density at radius 2 is 2.00 bits per heavy atom. The molecule has 0 saturated heterocycles. The van der Waals surface area contributed by atoms with Gasteiger partial charge in [-0.2, -0.15) is 0 Å². The summed E-state index contributed by atoms with van der Waals surface area (Å²) in [5.41, 5.74) is 2.49. The fraction of sp³-hybridized carbons (Fsp3) is 0.385. The van der Waals surface area contributed by atoms with Crippen LogP contribution in [0.3, 0.4) is 0 Å². The van der Waals surface area contributed by atoms with E-state index in [1.807, 2.05) is 19.2 Å². The zero-order valence-electron chi connectivity index (χ0n) is 9.39. The number of allylic oxidation sites excluding steroid dienone is 1. The molecule has 1 aromatic rings. The molecular weight excluding hydrogens is 189 g/mol. The molecule has 0 bridgehead atoms. The molecule has 0 fully saturated rings. The molecule has 1 aromatic carbocycles. The van der Waals surface area contributed by atoms with Crippen molar-refractivity contribution < 1.29 is 4.39 Å². The molecule has 0 unspecified atom stereocenters. The second-order valence-electron chi connectivity index (χ2n) is 3.75. The molecule has 0 radical (unpaired) electrons. The van der Waals surface area contributed by atoms with Crippen molar-refractivity contribution in [2.24, 2.45) is 0 Å². The summed E-state index contributed by atoms with van der Waals surface area (Å²) in [7, 11) is 1.95. The van der Waals surface area contributed by atoms with Gasteiger partial charge in [-0.25, -0.2) is 4.39 Å². The van der Waals surface area contributed by atoms with Gasteiger partial charge in [0, 0.05) is 0 Å². The Kier molecular flexibility index (Phi) is 5.05. The largest absolute Gasteiger partial charge is 0.319 e. The quantitative estimate of drug-likeness (QED) is 0.578. The zero-order chi connectivity index (χ0) is 11.1. The van der Waals surface area contributed by atoms with Gasteiger partial charge in [-0.1, -0.05) is 23.8 Å². The zero-order valence-corrected chi connectivity index (χ0v) is 9.39. The molecule has 0 aliphatic rings. The highest BCUT2D eigenvalue weighted by Crippen LogP contribution is 2.09. The number of hydrogen-bond acceptors (Lipinski definition) is 1. The summed E-state index contributed by atoms with van der Waals surface area (Å²) in [6.45, 7) is 3.11. The maximum Gasteiger partial charge on any atom is 0.123 e. The highest BCUT2D eigenvalue weighted by Gasteiger charge is 1.95. The van der Waals surface area contributed by atoms with Crippen LogP contribution in [0.15, 0.2) is 35.9 Å². The first-order chi connectivity index (χ1) is 7.22. The van der Waals surface area contributed by atoms with E-state index in [1.54, 1.807) is 0 Å². The van der Waals surface area contributed by atoms with Crippen LogP contribution in [0.5, 0.6) is 0 Å². The second kappa shape index (κ2) is 6.36. The van der Waals surface area contributed by atoms with Crippen molar-refractivity contribution in [2.75, 3.05) is 13.6 Å². The van der Waals surface area contributed by atoms with Gasteiger partial charge >= 0.3 is 0 Å². The van der Waals surface area contributed by atoms with Crippen molar-refractivity contribution in [3.8, 4) is 0 Å². The van der Waals surface area contributed by atoms with E-state index < -0.39 is 0 Å². The highest BCUT2D eigenvalue weighted by atomic mass is 19.1. The SMILES string of the molecule is CNCCC=C(C)Cc1ccc(F)cc1. The Morgan fingerprint density at radius 1 is 1.33 bits per heavy atom. The lowest BCUT2D eigenvalue weighted by atomic mass is 10.1. The third-order valence-electron chi connectivity index (χ3n) is 2.28. The number of nitrogens with one attached hydrogen (secondary N) is 1. The van der Waals surface area contributed by atoms with Crippen molar-refractivity contribution in [3.63, 3.8) is 0 Å². The molecule has 1 N–H and O–H groups in total. The molecule has 82 valence electrons. The smallest absolute Gasteiger partial charge is 0.123 e. The molecule has 0 atom stereocenters.